The first-order valence-electron chi connectivity index (χ1n) is 5.91. The molecule has 19 heavy (non-hydrogen) atoms. The Labute approximate surface area is 112 Å². The van der Waals surface area contributed by atoms with Crippen LogP contribution in [0, 0.1) is 5.92 Å². The molecule has 0 bridgehead atoms. The second-order valence-electron chi connectivity index (χ2n) is 3.77. The summed E-state index contributed by atoms with van der Waals surface area (Å²) in [6.07, 6.45) is 1.55. The van der Waals surface area contributed by atoms with E-state index < -0.39 is 11.9 Å². The maximum atomic E-state index is 11.7. The third-order valence-corrected chi connectivity index (χ3v) is 2.60. The number of benzene rings is 1. The van der Waals surface area contributed by atoms with Crippen molar-refractivity contribution >= 4 is 23.7 Å². The first-order valence-corrected chi connectivity index (χ1v) is 5.91. The van der Waals surface area contributed by atoms with Gasteiger partial charge in [0, 0.05) is 12.6 Å². The smallest absolute Gasteiger partial charge is 0.321 e. The summed E-state index contributed by atoms with van der Waals surface area (Å²) in [4.78, 5) is 27.3. The molecule has 0 heterocycles. The van der Waals surface area contributed by atoms with Crippen LogP contribution in [0.15, 0.2) is 29.3 Å². The fraction of sp³-hybridized carbons (Fsp3) is 0.357. The Hall–Kier alpha value is -2.17. The average Bonchev–Trinajstić information content (AvgIpc) is 2.47. The standard InChI is InChI=1S/C14H17NO4/c1-4-12(16)10(14(17)19-3)9-15-11-7-5-6-8-13(11)18-2/h5-10H,4H2,1-3H3. The predicted molar refractivity (Wildman–Crippen MR) is 72.0 cm³/mol. The minimum atomic E-state index is -0.972. The third kappa shape index (κ3) is 3.91. The highest BCUT2D eigenvalue weighted by Gasteiger charge is 2.24. The predicted octanol–water partition coefficient (Wildman–Crippen LogP) is 2.17. The number of rotatable bonds is 6. The van der Waals surface area contributed by atoms with Gasteiger partial charge in [-0.1, -0.05) is 19.1 Å². The SMILES string of the molecule is CCC(=O)C(C=Nc1ccccc1OC)C(=O)OC. The van der Waals surface area contributed by atoms with Crippen molar-refractivity contribution in [1.29, 1.82) is 0 Å². The Balaban J connectivity index is 2.98. The molecule has 0 saturated heterocycles. The molecule has 1 unspecified atom stereocenters. The highest BCUT2D eigenvalue weighted by atomic mass is 16.5. The fourth-order valence-electron chi connectivity index (χ4n) is 1.51. The summed E-state index contributed by atoms with van der Waals surface area (Å²) in [5, 5.41) is 0. The molecule has 5 heteroatoms. The maximum absolute atomic E-state index is 11.7. The second-order valence-corrected chi connectivity index (χ2v) is 3.77. The van der Waals surface area contributed by atoms with Crippen molar-refractivity contribution in [2.45, 2.75) is 13.3 Å². The summed E-state index contributed by atoms with van der Waals surface area (Å²) in [6.45, 7) is 1.69. The van der Waals surface area contributed by atoms with Gasteiger partial charge in [-0.15, -0.1) is 0 Å². The highest BCUT2D eigenvalue weighted by Crippen LogP contribution is 2.26. The Morgan fingerprint density at radius 2 is 2.00 bits per heavy atom. The lowest BCUT2D eigenvalue weighted by atomic mass is 10.0. The number of carbonyl (C=O) groups is 2. The van der Waals surface area contributed by atoms with Gasteiger partial charge >= 0.3 is 5.97 Å². The number of methoxy groups -OCH3 is 2. The molecule has 1 rings (SSSR count). The van der Waals surface area contributed by atoms with Gasteiger partial charge in [-0.25, -0.2) is 0 Å². The van der Waals surface area contributed by atoms with Crippen LogP contribution in [0.25, 0.3) is 0 Å². The van der Waals surface area contributed by atoms with Gasteiger partial charge in [0.05, 0.1) is 14.2 Å². The van der Waals surface area contributed by atoms with Gasteiger partial charge in [-0.3, -0.25) is 14.6 Å². The van der Waals surface area contributed by atoms with Gasteiger partial charge in [-0.05, 0) is 12.1 Å². The van der Waals surface area contributed by atoms with Crippen LogP contribution in [-0.2, 0) is 14.3 Å². The number of hydrogen-bond acceptors (Lipinski definition) is 5. The van der Waals surface area contributed by atoms with E-state index in [0.717, 1.165) is 0 Å². The van der Waals surface area contributed by atoms with Crippen molar-refractivity contribution in [1.82, 2.24) is 0 Å². The number of Topliss-reactive ketones (excluding diaryl/α,β-unsaturated/α-hetero) is 1. The summed E-state index contributed by atoms with van der Waals surface area (Å²) < 4.78 is 9.73. The van der Waals surface area contributed by atoms with Crippen molar-refractivity contribution in [2.24, 2.45) is 10.9 Å². The zero-order valence-electron chi connectivity index (χ0n) is 11.3. The zero-order chi connectivity index (χ0) is 14.3. The summed E-state index contributed by atoms with van der Waals surface area (Å²) in [5.74, 6) is -1.23. The molecular formula is C14H17NO4. The number of esters is 1. The molecule has 0 N–H and O–H groups in total. The number of carbonyl (C=O) groups excluding carboxylic acids is 2. The number of ketones is 1. The Morgan fingerprint density at radius 1 is 1.32 bits per heavy atom. The molecule has 0 amide bonds. The molecule has 0 aromatic heterocycles. The molecule has 0 fully saturated rings. The van der Waals surface area contributed by atoms with E-state index in [0.29, 0.717) is 11.4 Å². The number of para-hydroxylation sites is 2. The second kappa shape index (κ2) is 7.31. The van der Waals surface area contributed by atoms with Crippen LogP contribution in [0.1, 0.15) is 13.3 Å². The lowest BCUT2D eigenvalue weighted by Crippen LogP contribution is -2.26. The van der Waals surface area contributed by atoms with Crippen LogP contribution < -0.4 is 4.74 Å². The average molecular weight is 263 g/mol. The summed E-state index contributed by atoms with van der Waals surface area (Å²) >= 11 is 0. The molecule has 0 aliphatic rings. The minimum absolute atomic E-state index is 0.231. The van der Waals surface area contributed by atoms with Gasteiger partial charge in [0.15, 0.2) is 11.7 Å². The van der Waals surface area contributed by atoms with Gasteiger partial charge in [-0.2, -0.15) is 0 Å². The molecule has 1 aromatic carbocycles. The van der Waals surface area contributed by atoms with Crippen LogP contribution in [0.4, 0.5) is 5.69 Å². The molecule has 0 saturated carbocycles. The van der Waals surface area contributed by atoms with E-state index in [9.17, 15) is 9.59 Å². The molecule has 0 aliphatic carbocycles. The first kappa shape index (κ1) is 14.9. The normalized spacial score (nSPS) is 12.2. The molecule has 0 radical (unpaired) electrons. The molecule has 0 spiro atoms. The first-order chi connectivity index (χ1) is 9.13. The Morgan fingerprint density at radius 3 is 2.58 bits per heavy atom. The quantitative estimate of drug-likeness (QED) is 0.448. The van der Waals surface area contributed by atoms with Crippen molar-refractivity contribution in [3.63, 3.8) is 0 Å². The largest absolute Gasteiger partial charge is 0.494 e. The Kier molecular flexibility index (Phi) is 5.73. The number of nitrogens with zero attached hydrogens (tertiary/aromatic N) is 1. The van der Waals surface area contributed by atoms with E-state index in [1.54, 1.807) is 25.1 Å². The van der Waals surface area contributed by atoms with Crippen LogP contribution in [0.2, 0.25) is 0 Å². The third-order valence-electron chi connectivity index (χ3n) is 2.60. The topological polar surface area (TPSA) is 65.0 Å². The van der Waals surface area contributed by atoms with Crippen LogP contribution in [0.5, 0.6) is 5.75 Å². The van der Waals surface area contributed by atoms with E-state index in [1.165, 1.54) is 20.4 Å². The van der Waals surface area contributed by atoms with E-state index in [2.05, 4.69) is 9.73 Å². The van der Waals surface area contributed by atoms with Crippen LogP contribution >= 0.6 is 0 Å². The maximum Gasteiger partial charge on any atom is 0.321 e. The monoisotopic (exact) mass is 263 g/mol. The number of ether oxygens (including phenoxy) is 2. The molecular weight excluding hydrogens is 246 g/mol. The van der Waals surface area contributed by atoms with E-state index >= 15 is 0 Å². The lowest BCUT2D eigenvalue weighted by Gasteiger charge is -2.08. The van der Waals surface area contributed by atoms with Crippen molar-refractivity contribution in [3.05, 3.63) is 24.3 Å². The minimum Gasteiger partial charge on any atom is -0.494 e. The van der Waals surface area contributed by atoms with Gasteiger partial charge < -0.3 is 9.47 Å². The van der Waals surface area contributed by atoms with Crippen molar-refractivity contribution in [3.8, 4) is 5.75 Å². The lowest BCUT2D eigenvalue weighted by molar-refractivity contribution is -0.146. The van der Waals surface area contributed by atoms with Crippen LogP contribution in [-0.4, -0.2) is 32.2 Å². The Bertz CT molecular complexity index is 466. The zero-order valence-corrected chi connectivity index (χ0v) is 11.3. The molecule has 0 aliphatic heterocycles. The number of aliphatic imine (C=N–C) groups is 1. The van der Waals surface area contributed by atoms with E-state index in [4.69, 9.17) is 4.74 Å². The van der Waals surface area contributed by atoms with Crippen molar-refractivity contribution in [2.75, 3.05) is 14.2 Å². The molecule has 1 atom stereocenters. The van der Waals surface area contributed by atoms with Gasteiger partial charge in [0.25, 0.3) is 0 Å². The summed E-state index contributed by atoms with van der Waals surface area (Å²) in [5.41, 5.74) is 0.558. The van der Waals surface area contributed by atoms with Crippen LogP contribution in [0.3, 0.4) is 0 Å². The van der Waals surface area contributed by atoms with Gasteiger partial charge in [0.1, 0.15) is 11.4 Å². The molecule has 102 valence electrons. The summed E-state index contributed by atoms with van der Waals surface area (Å²) in [6, 6.07) is 7.10. The molecule has 1 aromatic rings. The number of hydrogen-bond donors (Lipinski definition) is 0. The molecule has 5 nitrogen and oxygen atoms in total. The van der Waals surface area contributed by atoms with E-state index in [-0.39, 0.29) is 12.2 Å². The fourth-order valence-corrected chi connectivity index (χ4v) is 1.51. The van der Waals surface area contributed by atoms with Crippen molar-refractivity contribution < 1.29 is 19.1 Å². The van der Waals surface area contributed by atoms with Gasteiger partial charge in [0.2, 0.25) is 0 Å². The summed E-state index contributed by atoms with van der Waals surface area (Å²) in [7, 11) is 2.78. The van der Waals surface area contributed by atoms with E-state index in [1.807, 2.05) is 6.07 Å². The highest BCUT2D eigenvalue weighted by molar-refractivity contribution is 6.12.